The molecule has 0 heterocycles. The molecule has 0 radical (unpaired) electrons. The minimum Gasteiger partial charge on any atom is -0.480 e. The number of carbonyl (C=O) groups is 3. The summed E-state index contributed by atoms with van der Waals surface area (Å²) in [6, 6.07) is -1.03. The number of hydrogen-bond donors (Lipinski definition) is 6. The molecule has 1 atom stereocenters. The summed E-state index contributed by atoms with van der Waals surface area (Å²) < 4.78 is 0. The number of amides is 2. The lowest BCUT2D eigenvalue weighted by Gasteiger charge is -2.14. The fraction of sp³-hybridized carbons (Fsp3) is 0.600. The predicted molar refractivity (Wildman–Crippen MR) is 67.4 cm³/mol. The van der Waals surface area contributed by atoms with E-state index in [4.69, 9.17) is 16.2 Å². The Bertz CT molecular complexity index is 358. The molecule has 0 rings (SSSR count). The van der Waals surface area contributed by atoms with Gasteiger partial charge in [0.05, 0.1) is 6.54 Å². The van der Waals surface area contributed by atoms with Crippen LogP contribution < -0.4 is 21.7 Å². The van der Waals surface area contributed by atoms with Gasteiger partial charge >= 0.3 is 5.97 Å². The van der Waals surface area contributed by atoms with Gasteiger partial charge in [0.15, 0.2) is 5.96 Å². The van der Waals surface area contributed by atoms with E-state index in [9.17, 15) is 14.4 Å². The van der Waals surface area contributed by atoms with Crippen molar-refractivity contribution in [2.75, 3.05) is 13.1 Å². The molecular weight excluding hydrogens is 254 g/mol. The largest absolute Gasteiger partial charge is 0.480 e. The second-order valence-electron chi connectivity index (χ2n) is 3.85. The third-order valence-electron chi connectivity index (χ3n) is 2.12. The lowest BCUT2D eigenvalue weighted by molar-refractivity contribution is -0.141. The van der Waals surface area contributed by atoms with E-state index in [0.717, 1.165) is 0 Å². The molecule has 0 aliphatic carbocycles. The molecule has 0 aromatic heterocycles. The van der Waals surface area contributed by atoms with E-state index in [1.807, 2.05) is 0 Å². The zero-order chi connectivity index (χ0) is 14.8. The Morgan fingerprint density at radius 2 is 1.95 bits per heavy atom. The first-order valence-electron chi connectivity index (χ1n) is 5.67. The van der Waals surface area contributed by atoms with E-state index in [-0.39, 0.29) is 24.8 Å². The first kappa shape index (κ1) is 16.7. The standard InChI is InChI=1S/C10H19N5O4/c1-6(16)14-5-8(17)15-7(9(18)19)3-2-4-13-10(11)12/h7H,2-5H2,1H3,(H,14,16)(H,15,17)(H,18,19)(H4,11,12,13)/t7-/m0/s1. The Morgan fingerprint density at radius 3 is 2.42 bits per heavy atom. The summed E-state index contributed by atoms with van der Waals surface area (Å²) in [6.45, 7) is 1.35. The summed E-state index contributed by atoms with van der Waals surface area (Å²) in [6.07, 6.45) is 0.623. The topological polar surface area (TPSA) is 157 Å². The lowest BCUT2D eigenvalue weighted by Crippen LogP contribution is -2.45. The molecule has 0 saturated heterocycles. The highest BCUT2D eigenvalue weighted by Crippen LogP contribution is 1.97. The maximum Gasteiger partial charge on any atom is 0.326 e. The number of guanidine groups is 1. The highest BCUT2D eigenvalue weighted by molar-refractivity contribution is 5.87. The number of carbonyl (C=O) groups excluding carboxylic acids is 2. The molecule has 7 N–H and O–H groups in total. The number of carboxylic acid groups (broad SMARTS) is 1. The van der Waals surface area contributed by atoms with Crippen LogP contribution in [0.4, 0.5) is 0 Å². The van der Waals surface area contributed by atoms with Crippen molar-refractivity contribution in [3.05, 3.63) is 0 Å². The van der Waals surface area contributed by atoms with Crippen LogP contribution in [0, 0.1) is 5.41 Å². The minimum absolute atomic E-state index is 0.193. The molecule has 9 nitrogen and oxygen atoms in total. The van der Waals surface area contributed by atoms with E-state index < -0.39 is 17.9 Å². The number of nitrogens with one attached hydrogen (secondary N) is 4. The molecule has 108 valence electrons. The average molecular weight is 273 g/mol. The van der Waals surface area contributed by atoms with Crippen molar-refractivity contribution in [2.45, 2.75) is 25.8 Å². The highest BCUT2D eigenvalue weighted by atomic mass is 16.4. The summed E-state index contributed by atoms with van der Waals surface area (Å²) in [5.41, 5.74) is 5.06. The van der Waals surface area contributed by atoms with Crippen molar-refractivity contribution in [3.8, 4) is 0 Å². The first-order chi connectivity index (χ1) is 8.82. The third-order valence-corrected chi connectivity index (χ3v) is 2.12. The van der Waals surface area contributed by atoms with Crippen LogP contribution in [-0.2, 0) is 14.4 Å². The van der Waals surface area contributed by atoms with Gasteiger partial charge in [-0.25, -0.2) is 4.79 Å². The van der Waals surface area contributed by atoms with Crippen LogP contribution in [0.15, 0.2) is 0 Å². The van der Waals surface area contributed by atoms with E-state index in [0.29, 0.717) is 13.0 Å². The zero-order valence-corrected chi connectivity index (χ0v) is 10.7. The van der Waals surface area contributed by atoms with E-state index in [2.05, 4.69) is 16.0 Å². The number of rotatable bonds is 8. The molecule has 0 spiro atoms. The fourth-order valence-corrected chi connectivity index (χ4v) is 1.24. The van der Waals surface area contributed by atoms with Crippen molar-refractivity contribution in [2.24, 2.45) is 5.73 Å². The van der Waals surface area contributed by atoms with E-state index in [1.54, 1.807) is 0 Å². The van der Waals surface area contributed by atoms with Gasteiger partial charge < -0.3 is 26.8 Å². The Morgan fingerprint density at radius 1 is 1.32 bits per heavy atom. The molecule has 0 aromatic rings. The summed E-state index contributed by atoms with van der Waals surface area (Å²) in [5, 5.41) is 22.9. The number of hydrogen-bond acceptors (Lipinski definition) is 4. The summed E-state index contributed by atoms with van der Waals surface area (Å²) in [7, 11) is 0. The zero-order valence-electron chi connectivity index (χ0n) is 10.7. The quantitative estimate of drug-likeness (QED) is 0.170. The number of nitrogens with two attached hydrogens (primary N) is 1. The maximum absolute atomic E-state index is 11.3. The van der Waals surface area contributed by atoms with Crippen LogP contribution in [0.1, 0.15) is 19.8 Å². The Balaban J connectivity index is 4.04. The van der Waals surface area contributed by atoms with Crippen molar-refractivity contribution in [1.82, 2.24) is 16.0 Å². The molecule has 0 aliphatic rings. The highest BCUT2D eigenvalue weighted by Gasteiger charge is 2.19. The van der Waals surface area contributed by atoms with Crippen molar-refractivity contribution in [1.29, 1.82) is 5.41 Å². The van der Waals surface area contributed by atoms with Gasteiger partial charge in [0, 0.05) is 13.5 Å². The summed E-state index contributed by atoms with van der Waals surface area (Å²) in [4.78, 5) is 32.9. The maximum atomic E-state index is 11.3. The molecule has 19 heavy (non-hydrogen) atoms. The van der Waals surface area contributed by atoms with Gasteiger partial charge in [0.2, 0.25) is 11.8 Å². The second kappa shape index (κ2) is 8.72. The van der Waals surface area contributed by atoms with Crippen molar-refractivity contribution in [3.63, 3.8) is 0 Å². The van der Waals surface area contributed by atoms with Gasteiger partial charge in [0.25, 0.3) is 0 Å². The van der Waals surface area contributed by atoms with Crippen LogP contribution in [0.25, 0.3) is 0 Å². The smallest absolute Gasteiger partial charge is 0.326 e. The summed E-state index contributed by atoms with van der Waals surface area (Å²) in [5.74, 6) is -2.28. The van der Waals surface area contributed by atoms with Crippen molar-refractivity contribution >= 4 is 23.7 Å². The Kier molecular flexibility index (Phi) is 7.66. The van der Waals surface area contributed by atoms with Crippen LogP contribution in [-0.4, -0.2) is 48.0 Å². The monoisotopic (exact) mass is 273 g/mol. The van der Waals surface area contributed by atoms with Crippen LogP contribution in [0.5, 0.6) is 0 Å². The average Bonchev–Trinajstić information content (AvgIpc) is 2.29. The normalized spacial score (nSPS) is 11.2. The molecule has 0 fully saturated rings. The second-order valence-corrected chi connectivity index (χ2v) is 3.85. The molecular formula is C10H19N5O4. The first-order valence-corrected chi connectivity index (χ1v) is 5.67. The molecule has 2 amide bonds. The SMILES string of the molecule is CC(=O)NCC(=O)N[C@@H](CCCNC(=N)N)C(=O)O. The Labute approximate surface area is 110 Å². The van der Waals surface area contributed by atoms with E-state index in [1.165, 1.54) is 6.92 Å². The van der Waals surface area contributed by atoms with Crippen LogP contribution in [0.2, 0.25) is 0 Å². The van der Waals surface area contributed by atoms with Crippen LogP contribution in [0.3, 0.4) is 0 Å². The van der Waals surface area contributed by atoms with Gasteiger partial charge in [-0.1, -0.05) is 0 Å². The van der Waals surface area contributed by atoms with Gasteiger partial charge in [-0.3, -0.25) is 15.0 Å². The number of carboxylic acids is 1. The van der Waals surface area contributed by atoms with Gasteiger partial charge in [-0.2, -0.15) is 0 Å². The molecule has 0 saturated carbocycles. The predicted octanol–water partition coefficient (Wildman–Crippen LogP) is -2.04. The van der Waals surface area contributed by atoms with Gasteiger partial charge in [-0.15, -0.1) is 0 Å². The molecule has 0 bridgehead atoms. The molecule has 0 unspecified atom stereocenters. The Hall–Kier alpha value is -2.32. The van der Waals surface area contributed by atoms with Gasteiger partial charge in [0.1, 0.15) is 6.04 Å². The molecule has 0 aliphatic heterocycles. The van der Waals surface area contributed by atoms with E-state index >= 15 is 0 Å². The van der Waals surface area contributed by atoms with Crippen molar-refractivity contribution < 1.29 is 19.5 Å². The van der Waals surface area contributed by atoms with Crippen LogP contribution >= 0.6 is 0 Å². The van der Waals surface area contributed by atoms with Gasteiger partial charge in [-0.05, 0) is 12.8 Å². The fourth-order valence-electron chi connectivity index (χ4n) is 1.24. The molecule has 9 heteroatoms. The molecule has 0 aromatic carbocycles. The third kappa shape index (κ3) is 9.39. The minimum atomic E-state index is -1.15. The number of aliphatic carboxylic acids is 1. The lowest BCUT2D eigenvalue weighted by atomic mass is 10.1. The summed E-state index contributed by atoms with van der Waals surface area (Å²) >= 11 is 0.